The van der Waals surface area contributed by atoms with Crippen molar-refractivity contribution in [3.63, 3.8) is 0 Å². The Kier molecular flexibility index (Phi) is 4.88. The first-order valence-corrected chi connectivity index (χ1v) is 9.65. The van der Waals surface area contributed by atoms with Crippen LogP contribution in [-0.4, -0.2) is 38.4 Å². The second-order valence-corrected chi connectivity index (χ2v) is 7.28. The molecule has 0 radical (unpaired) electrons. The average molecular weight is 370 g/mol. The van der Waals surface area contributed by atoms with E-state index in [4.69, 9.17) is 0 Å². The molecule has 7 heteroatoms. The number of carbonyl (C=O) groups is 1. The highest BCUT2D eigenvalue weighted by Crippen LogP contribution is 2.26. The fourth-order valence-electron chi connectivity index (χ4n) is 3.17. The van der Waals surface area contributed by atoms with Gasteiger partial charge in [-0.25, -0.2) is 14.4 Å². The number of halogens is 1. The number of hydrogen-bond donors (Lipinski definition) is 0. The molecule has 1 saturated heterocycles. The first-order chi connectivity index (χ1) is 12.7. The summed E-state index contributed by atoms with van der Waals surface area (Å²) < 4.78 is 15.3. The molecular weight excluding hydrogens is 351 g/mol. The van der Waals surface area contributed by atoms with Crippen molar-refractivity contribution in [2.75, 3.05) is 13.1 Å². The number of pyridine rings is 1. The van der Waals surface area contributed by atoms with Crippen molar-refractivity contribution >= 4 is 28.8 Å². The lowest BCUT2D eigenvalue weighted by molar-refractivity contribution is -0.130. The van der Waals surface area contributed by atoms with Crippen LogP contribution in [0.5, 0.6) is 0 Å². The van der Waals surface area contributed by atoms with Gasteiger partial charge in [0.1, 0.15) is 17.9 Å². The zero-order valence-corrected chi connectivity index (χ0v) is 15.1. The summed E-state index contributed by atoms with van der Waals surface area (Å²) >= 11 is 1.49. The van der Waals surface area contributed by atoms with Crippen LogP contribution in [0, 0.1) is 5.82 Å². The molecule has 1 aromatic carbocycles. The van der Waals surface area contributed by atoms with Crippen molar-refractivity contribution in [3.8, 4) is 0 Å². The Morgan fingerprint density at radius 3 is 2.85 bits per heavy atom. The summed E-state index contributed by atoms with van der Waals surface area (Å²) in [5, 5.41) is 0.732. The number of imidazole rings is 1. The smallest absolute Gasteiger partial charge is 0.242 e. The number of thioether (sulfide) groups is 1. The van der Waals surface area contributed by atoms with Gasteiger partial charge in [-0.05, 0) is 42.7 Å². The van der Waals surface area contributed by atoms with Crippen molar-refractivity contribution in [2.24, 2.45) is 0 Å². The highest BCUT2D eigenvalue weighted by atomic mass is 32.2. The van der Waals surface area contributed by atoms with E-state index in [0.717, 1.165) is 42.2 Å². The highest BCUT2D eigenvalue weighted by molar-refractivity contribution is 7.98. The molecule has 1 aliphatic rings. The van der Waals surface area contributed by atoms with Crippen LogP contribution in [0.2, 0.25) is 0 Å². The number of fused-ring (bicyclic) bond motifs is 1. The third kappa shape index (κ3) is 3.58. The van der Waals surface area contributed by atoms with Crippen molar-refractivity contribution in [1.29, 1.82) is 0 Å². The van der Waals surface area contributed by atoms with Crippen LogP contribution in [0.1, 0.15) is 18.4 Å². The van der Waals surface area contributed by atoms with Crippen molar-refractivity contribution in [2.45, 2.75) is 30.3 Å². The molecule has 0 unspecified atom stereocenters. The minimum absolute atomic E-state index is 0.0973. The molecule has 5 nitrogen and oxygen atoms in total. The summed E-state index contributed by atoms with van der Waals surface area (Å²) in [5.74, 6) is 0.432. The summed E-state index contributed by atoms with van der Waals surface area (Å²) in [7, 11) is 0. The number of likely N-dealkylation sites (tertiary alicyclic amines) is 1. The van der Waals surface area contributed by atoms with Crippen molar-refractivity contribution in [3.05, 3.63) is 54.0 Å². The van der Waals surface area contributed by atoms with E-state index in [9.17, 15) is 9.18 Å². The van der Waals surface area contributed by atoms with E-state index in [1.165, 1.54) is 23.9 Å². The number of hydrogen-bond acceptors (Lipinski definition) is 4. The monoisotopic (exact) mass is 370 g/mol. The molecule has 1 amide bonds. The molecule has 0 saturated carbocycles. The van der Waals surface area contributed by atoms with E-state index in [-0.39, 0.29) is 18.3 Å². The van der Waals surface area contributed by atoms with Gasteiger partial charge in [-0.1, -0.05) is 23.9 Å². The Morgan fingerprint density at radius 2 is 2.04 bits per heavy atom. The van der Waals surface area contributed by atoms with Crippen LogP contribution < -0.4 is 0 Å². The minimum atomic E-state index is -0.248. The molecule has 134 valence electrons. The normalized spacial score (nSPS) is 14.3. The van der Waals surface area contributed by atoms with Gasteiger partial charge < -0.3 is 4.90 Å². The van der Waals surface area contributed by atoms with E-state index in [1.807, 2.05) is 27.7 Å². The Morgan fingerprint density at radius 1 is 1.19 bits per heavy atom. The number of benzene rings is 1. The average Bonchev–Trinajstić information content (AvgIpc) is 3.29. The predicted molar refractivity (Wildman–Crippen MR) is 99.3 cm³/mol. The highest BCUT2D eigenvalue weighted by Gasteiger charge is 2.21. The Balaban J connectivity index is 1.59. The summed E-state index contributed by atoms with van der Waals surface area (Å²) in [5.41, 5.74) is 2.36. The quantitative estimate of drug-likeness (QED) is 0.645. The second-order valence-electron chi connectivity index (χ2n) is 6.33. The van der Waals surface area contributed by atoms with Gasteiger partial charge in [0.05, 0.1) is 0 Å². The molecule has 1 aliphatic heterocycles. The molecule has 0 bridgehead atoms. The molecular formula is C19H19FN4OS. The molecule has 0 spiro atoms. The molecule has 0 N–H and O–H groups in total. The van der Waals surface area contributed by atoms with Gasteiger partial charge in [-0.2, -0.15) is 0 Å². The largest absolute Gasteiger partial charge is 0.341 e. The van der Waals surface area contributed by atoms with Gasteiger partial charge in [0.25, 0.3) is 0 Å². The summed E-state index contributed by atoms with van der Waals surface area (Å²) in [6.45, 7) is 1.88. The number of amides is 1. The van der Waals surface area contributed by atoms with Gasteiger partial charge in [0, 0.05) is 25.0 Å². The topological polar surface area (TPSA) is 51.0 Å². The van der Waals surface area contributed by atoms with E-state index in [0.29, 0.717) is 11.4 Å². The third-order valence-electron chi connectivity index (χ3n) is 4.48. The van der Waals surface area contributed by atoms with Gasteiger partial charge in [0.2, 0.25) is 5.91 Å². The molecule has 0 atom stereocenters. The predicted octanol–water partition coefficient (Wildman–Crippen LogP) is 3.49. The first kappa shape index (κ1) is 17.0. The lowest BCUT2D eigenvalue weighted by atomic mass is 10.2. The summed E-state index contributed by atoms with van der Waals surface area (Å²) in [4.78, 5) is 23.6. The van der Waals surface area contributed by atoms with Crippen molar-refractivity contribution in [1.82, 2.24) is 19.4 Å². The Hall–Kier alpha value is -2.41. The minimum Gasteiger partial charge on any atom is -0.341 e. The lowest BCUT2D eigenvalue weighted by Crippen LogP contribution is -2.31. The van der Waals surface area contributed by atoms with Crippen LogP contribution in [0.25, 0.3) is 11.2 Å². The first-order valence-electron chi connectivity index (χ1n) is 8.67. The standard InChI is InChI=1S/C19H19FN4OS/c20-15-6-3-5-14(11-15)13-26-19-22-16-7-4-8-21-18(16)24(19)12-17(25)23-9-1-2-10-23/h3-8,11H,1-2,9-10,12-13H2. The van der Waals surface area contributed by atoms with E-state index >= 15 is 0 Å². The van der Waals surface area contributed by atoms with Crippen LogP contribution in [-0.2, 0) is 17.1 Å². The Labute approximate surface area is 155 Å². The fourth-order valence-corrected chi connectivity index (χ4v) is 4.11. The number of nitrogens with zero attached hydrogens (tertiary/aromatic N) is 4. The molecule has 2 aromatic heterocycles. The lowest BCUT2D eigenvalue weighted by Gasteiger charge is -2.16. The number of rotatable bonds is 5. The molecule has 3 aromatic rings. The summed E-state index contributed by atoms with van der Waals surface area (Å²) in [6.07, 6.45) is 3.84. The van der Waals surface area contributed by atoms with Crippen molar-refractivity contribution < 1.29 is 9.18 Å². The SMILES string of the molecule is O=C(Cn1c(SCc2cccc(F)c2)nc2cccnc21)N1CCCC1. The summed E-state index contributed by atoms with van der Waals surface area (Å²) in [6, 6.07) is 10.3. The van der Waals surface area contributed by atoms with E-state index in [1.54, 1.807) is 12.3 Å². The fraction of sp³-hybridized carbons (Fsp3) is 0.316. The van der Waals surface area contributed by atoms with Gasteiger partial charge in [-0.3, -0.25) is 9.36 Å². The molecule has 1 fully saturated rings. The Bertz CT molecular complexity index is 936. The zero-order chi connectivity index (χ0) is 17.9. The zero-order valence-electron chi connectivity index (χ0n) is 14.3. The van der Waals surface area contributed by atoms with Gasteiger partial charge in [0.15, 0.2) is 10.8 Å². The molecule has 0 aliphatic carbocycles. The van der Waals surface area contributed by atoms with Crippen LogP contribution in [0.15, 0.2) is 47.8 Å². The number of carbonyl (C=O) groups excluding carboxylic acids is 1. The molecule has 26 heavy (non-hydrogen) atoms. The second kappa shape index (κ2) is 7.45. The maximum atomic E-state index is 13.4. The third-order valence-corrected chi connectivity index (χ3v) is 5.53. The maximum absolute atomic E-state index is 13.4. The number of aromatic nitrogens is 3. The van der Waals surface area contributed by atoms with Gasteiger partial charge >= 0.3 is 0 Å². The van der Waals surface area contributed by atoms with Crippen LogP contribution in [0.4, 0.5) is 4.39 Å². The van der Waals surface area contributed by atoms with E-state index in [2.05, 4.69) is 9.97 Å². The molecule has 4 rings (SSSR count). The van der Waals surface area contributed by atoms with Crippen LogP contribution in [0.3, 0.4) is 0 Å². The molecule has 3 heterocycles. The van der Waals surface area contributed by atoms with Crippen LogP contribution >= 0.6 is 11.8 Å². The maximum Gasteiger partial charge on any atom is 0.242 e. The van der Waals surface area contributed by atoms with Gasteiger partial charge in [-0.15, -0.1) is 0 Å². The van der Waals surface area contributed by atoms with E-state index < -0.39 is 0 Å².